The van der Waals surface area contributed by atoms with Crippen molar-refractivity contribution in [2.45, 2.75) is 6.92 Å². The summed E-state index contributed by atoms with van der Waals surface area (Å²) < 4.78 is 1.35. The molecule has 0 atom stereocenters. The van der Waals surface area contributed by atoms with Gasteiger partial charge in [-0.3, -0.25) is 4.79 Å². The highest BCUT2D eigenvalue weighted by Gasteiger charge is 2.10. The second-order valence-corrected chi connectivity index (χ2v) is 2.46. The summed E-state index contributed by atoms with van der Waals surface area (Å²) in [5.41, 5.74) is 0.377. The third kappa shape index (κ3) is 1.33. The summed E-state index contributed by atoms with van der Waals surface area (Å²) in [6, 6.07) is 1.60. The van der Waals surface area contributed by atoms with Crippen LogP contribution in [0.4, 0.5) is 0 Å². The highest BCUT2D eigenvalue weighted by atomic mass is 35.5. The van der Waals surface area contributed by atoms with E-state index in [1.54, 1.807) is 12.3 Å². The lowest BCUT2D eigenvalue weighted by molar-refractivity contribution is 0.101. The summed E-state index contributed by atoms with van der Waals surface area (Å²) in [6.45, 7) is 4.72. The van der Waals surface area contributed by atoms with Crippen LogP contribution in [0.5, 0.6) is 0 Å². The number of hydrogen-bond donors (Lipinski definition) is 0. The fourth-order valence-electron chi connectivity index (χ4n) is 0.846. The number of halogens is 1. The minimum Gasteiger partial charge on any atom is -0.293 e. The zero-order valence-corrected chi connectivity index (χ0v) is 6.80. The number of hydrogen-bond acceptors (Lipinski definition) is 2. The Morgan fingerprint density at radius 2 is 2.45 bits per heavy atom. The summed E-state index contributed by atoms with van der Waals surface area (Å²) in [4.78, 5) is 10.9. The topological polar surface area (TPSA) is 34.4 Å². The molecule has 0 radical (unpaired) electrons. The summed E-state index contributed by atoms with van der Waals surface area (Å²) in [6.07, 6.45) is 1.59. The molecule has 0 spiro atoms. The first-order chi connectivity index (χ1) is 5.16. The predicted molar refractivity (Wildman–Crippen MR) is 44.4 cm³/mol. The van der Waals surface area contributed by atoms with E-state index in [4.69, 9.17) is 11.6 Å². The van der Waals surface area contributed by atoms with Crippen LogP contribution >= 0.6 is 11.6 Å². The minimum absolute atomic E-state index is 0.118. The van der Waals surface area contributed by atoms with Crippen molar-refractivity contribution in [2.24, 2.45) is 5.10 Å². The molecular formula is C7H7ClN2O. The monoisotopic (exact) mass is 170 g/mol. The maximum atomic E-state index is 10.9. The molecule has 0 aliphatic rings. The van der Waals surface area contributed by atoms with Gasteiger partial charge in [-0.2, -0.15) is 5.10 Å². The van der Waals surface area contributed by atoms with Crippen LogP contribution in [-0.4, -0.2) is 17.2 Å². The van der Waals surface area contributed by atoms with Gasteiger partial charge in [-0.25, -0.2) is 4.68 Å². The number of ketones is 1. The van der Waals surface area contributed by atoms with Crippen LogP contribution in [0.15, 0.2) is 17.4 Å². The van der Waals surface area contributed by atoms with Gasteiger partial charge in [0.25, 0.3) is 0 Å². The molecule has 0 aromatic carbocycles. The number of rotatable bonds is 2. The summed E-state index contributed by atoms with van der Waals surface area (Å²) >= 11 is 5.69. The molecule has 0 bridgehead atoms. The largest absolute Gasteiger partial charge is 0.293 e. The Morgan fingerprint density at radius 1 is 1.82 bits per heavy atom. The molecule has 4 heteroatoms. The van der Waals surface area contributed by atoms with Gasteiger partial charge in [0.05, 0.1) is 5.02 Å². The first-order valence-electron chi connectivity index (χ1n) is 3.01. The molecule has 11 heavy (non-hydrogen) atoms. The maximum absolute atomic E-state index is 10.9. The van der Waals surface area contributed by atoms with E-state index < -0.39 is 0 Å². The quantitative estimate of drug-likeness (QED) is 0.492. The number of carbonyl (C=O) groups excluding carboxylic acids is 1. The van der Waals surface area contributed by atoms with Crippen LogP contribution in [0.25, 0.3) is 0 Å². The third-order valence-electron chi connectivity index (χ3n) is 1.30. The van der Waals surface area contributed by atoms with Gasteiger partial charge in [-0.05, 0) is 6.07 Å². The van der Waals surface area contributed by atoms with E-state index in [-0.39, 0.29) is 5.78 Å². The van der Waals surface area contributed by atoms with Gasteiger partial charge in [0.1, 0.15) is 5.69 Å². The molecule has 0 unspecified atom stereocenters. The molecule has 1 aromatic rings. The van der Waals surface area contributed by atoms with Gasteiger partial charge in [0.15, 0.2) is 5.78 Å². The lowest BCUT2D eigenvalue weighted by Gasteiger charge is -1.97. The van der Waals surface area contributed by atoms with Crippen molar-refractivity contribution in [3.8, 4) is 0 Å². The van der Waals surface area contributed by atoms with Gasteiger partial charge >= 0.3 is 0 Å². The van der Waals surface area contributed by atoms with E-state index in [1.807, 2.05) is 0 Å². The normalized spacial score (nSPS) is 9.64. The Balaban J connectivity index is 3.28. The highest BCUT2D eigenvalue weighted by molar-refractivity contribution is 6.33. The highest BCUT2D eigenvalue weighted by Crippen LogP contribution is 2.17. The van der Waals surface area contributed by atoms with Gasteiger partial charge in [-0.15, -0.1) is 0 Å². The molecule has 0 fully saturated rings. The van der Waals surface area contributed by atoms with Crippen molar-refractivity contribution >= 4 is 24.1 Å². The van der Waals surface area contributed by atoms with Crippen LogP contribution in [0.1, 0.15) is 17.4 Å². The molecule has 0 saturated heterocycles. The maximum Gasteiger partial charge on any atom is 0.179 e. The van der Waals surface area contributed by atoms with E-state index in [1.165, 1.54) is 11.6 Å². The van der Waals surface area contributed by atoms with Gasteiger partial charge in [0, 0.05) is 19.8 Å². The van der Waals surface area contributed by atoms with Gasteiger partial charge in [-0.1, -0.05) is 11.6 Å². The van der Waals surface area contributed by atoms with Crippen molar-refractivity contribution in [1.29, 1.82) is 0 Å². The van der Waals surface area contributed by atoms with E-state index in [0.29, 0.717) is 10.7 Å². The van der Waals surface area contributed by atoms with E-state index >= 15 is 0 Å². The Labute approximate surface area is 69.3 Å². The molecule has 1 rings (SSSR count). The van der Waals surface area contributed by atoms with Crippen LogP contribution in [-0.2, 0) is 0 Å². The van der Waals surface area contributed by atoms with Gasteiger partial charge in [0.2, 0.25) is 0 Å². The fraction of sp³-hybridized carbons (Fsp3) is 0.143. The zero-order valence-electron chi connectivity index (χ0n) is 6.04. The average molecular weight is 171 g/mol. The molecule has 0 aliphatic carbocycles. The number of Topliss-reactive ketones (excluding diaryl/α,β-unsaturated/α-hetero) is 1. The van der Waals surface area contributed by atoms with Crippen molar-refractivity contribution in [2.75, 3.05) is 0 Å². The van der Waals surface area contributed by atoms with Crippen LogP contribution in [0, 0.1) is 0 Å². The third-order valence-corrected chi connectivity index (χ3v) is 1.61. The standard InChI is InChI=1S/C7H7ClN2O/c1-5(11)7-6(8)3-4-10(7)9-2/h3-4H,2H2,1H3. The number of carbonyl (C=O) groups is 1. The second kappa shape index (κ2) is 2.88. The Morgan fingerprint density at radius 3 is 2.82 bits per heavy atom. The zero-order chi connectivity index (χ0) is 8.43. The minimum atomic E-state index is -0.118. The second-order valence-electron chi connectivity index (χ2n) is 2.05. The molecule has 1 aromatic heterocycles. The van der Waals surface area contributed by atoms with Crippen molar-refractivity contribution in [3.05, 3.63) is 23.0 Å². The average Bonchev–Trinajstić information content (AvgIpc) is 2.30. The van der Waals surface area contributed by atoms with Crippen molar-refractivity contribution in [3.63, 3.8) is 0 Å². The number of aromatic nitrogens is 1. The van der Waals surface area contributed by atoms with Crippen LogP contribution in [0.2, 0.25) is 5.02 Å². The first kappa shape index (κ1) is 8.01. The van der Waals surface area contributed by atoms with Crippen molar-refractivity contribution in [1.82, 2.24) is 4.68 Å². The molecule has 58 valence electrons. The molecular weight excluding hydrogens is 164 g/mol. The number of nitrogens with zero attached hydrogens (tertiary/aromatic N) is 2. The molecule has 3 nitrogen and oxygen atoms in total. The van der Waals surface area contributed by atoms with E-state index in [2.05, 4.69) is 11.8 Å². The van der Waals surface area contributed by atoms with E-state index in [0.717, 1.165) is 0 Å². The SMILES string of the molecule is C=Nn1ccc(Cl)c1C(C)=O. The van der Waals surface area contributed by atoms with Gasteiger partial charge < -0.3 is 0 Å². The molecule has 0 amide bonds. The predicted octanol–water partition coefficient (Wildman–Crippen LogP) is 1.81. The Hall–Kier alpha value is -1.09. The molecule has 0 aliphatic heterocycles. The lowest BCUT2D eigenvalue weighted by Crippen LogP contribution is -2.00. The Kier molecular flexibility index (Phi) is 2.10. The summed E-state index contributed by atoms with van der Waals surface area (Å²) in [5.74, 6) is -0.118. The van der Waals surface area contributed by atoms with Crippen molar-refractivity contribution < 1.29 is 4.79 Å². The lowest BCUT2D eigenvalue weighted by atomic mass is 10.3. The summed E-state index contributed by atoms with van der Waals surface area (Å²) in [5, 5.41) is 3.98. The Bertz CT molecular complexity index is 303. The van der Waals surface area contributed by atoms with Crippen LogP contribution in [0.3, 0.4) is 0 Å². The first-order valence-corrected chi connectivity index (χ1v) is 3.39. The molecule has 0 N–H and O–H groups in total. The van der Waals surface area contributed by atoms with E-state index in [9.17, 15) is 4.79 Å². The summed E-state index contributed by atoms with van der Waals surface area (Å²) in [7, 11) is 0. The smallest absolute Gasteiger partial charge is 0.179 e. The molecule has 0 saturated carbocycles. The van der Waals surface area contributed by atoms with Crippen LogP contribution < -0.4 is 0 Å². The molecule has 1 heterocycles. The fourth-order valence-corrected chi connectivity index (χ4v) is 1.12.